The summed E-state index contributed by atoms with van der Waals surface area (Å²) in [4.78, 5) is 2.48. The van der Waals surface area contributed by atoms with Crippen LogP contribution in [0.4, 0.5) is 0 Å². The molecule has 1 heterocycles. The van der Waals surface area contributed by atoms with Gasteiger partial charge in [-0.1, -0.05) is 27.2 Å². The van der Waals surface area contributed by atoms with E-state index in [1.807, 2.05) is 0 Å². The first-order chi connectivity index (χ1) is 8.10. The van der Waals surface area contributed by atoms with Crippen molar-refractivity contribution in [1.82, 2.24) is 10.2 Å². The Balaban J connectivity index is 2.47. The van der Waals surface area contributed by atoms with Crippen molar-refractivity contribution < 1.29 is 4.74 Å². The fraction of sp³-hybridized carbons (Fsp3) is 1.00. The molecule has 0 aromatic heterocycles. The van der Waals surface area contributed by atoms with Gasteiger partial charge in [-0.25, -0.2) is 0 Å². The van der Waals surface area contributed by atoms with Gasteiger partial charge in [0.1, 0.15) is 0 Å². The van der Waals surface area contributed by atoms with Crippen molar-refractivity contribution in [3.8, 4) is 0 Å². The van der Waals surface area contributed by atoms with Crippen molar-refractivity contribution in [2.24, 2.45) is 5.92 Å². The summed E-state index contributed by atoms with van der Waals surface area (Å²) >= 11 is 0. The highest BCUT2D eigenvalue weighted by atomic mass is 16.5. The van der Waals surface area contributed by atoms with Gasteiger partial charge in [0.2, 0.25) is 0 Å². The van der Waals surface area contributed by atoms with Crippen molar-refractivity contribution in [1.29, 1.82) is 0 Å². The molecule has 102 valence electrons. The highest BCUT2D eigenvalue weighted by Gasteiger charge is 2.29. The van der Waals surface area contributed by atoms with Crippen LogP contribution in [0, 0.1) is 5.92 Å². The minimum atomic E-state index is 0.388. The SMILES string of the molecule is CCNC(CN(C)C1CCOC1C)C(C)CC. The topological polar surface area (TPSA) is 24.5 Å². The molecule has 17 heavy (non-hydrogen) atoms. The van der Waals surface area contributed by atoms with Crippen LogP contribution in [0.1, 0.15) is 40.5 Å². The molecule has 1 saturated heterocycles. The van der Waals surface area contributed by atoms with Gasteiger partial charge in [-0.2, -0.15) is 0 Å². The van der Waals surface area contributed by atoms with Gasteiger partial charge in [-0.15, -0.1) is 0 Å². The molecule has 3 heteroatoms. The first-order valence-electron chi connectivity index (χ1n) is 7.15. The van der Waals surface area contributed by atoms with Crippen molar-refractivity contribution in [3.05, 3.63) is 0 Å². The molecule has 0 aromatic rings. The molecule has 0 amide bonds. The summed E-state index contributed by atoms with van der Waals surface area (Å²) in [6.07, 6.45) is 2.80. The van der Waals surface area contributed by atoms with Crippen molar-refractivity contribution in [2.45, 2.75) is 58.7 Å². The minimum absolute atomic E-state index is 0.388. The van der Waals surface area contributed by atoms with E-state index in [1.54, 1.807) is 0 Å². The normalized spacial score (nSPS) is 28.6. The van der Waals surface area contributed by atoms with Crippen molar-refractivity contribution in [3.63, 3.8) is 0 Å². The molecule has 0 saturated carbocycles. The lowest BCUT2D eigenvalue weighted by molar-refractivity contribution is 0.0775. The molecule has 0 spiro atoms. The van der Waals surface area contributed by atoms with Gasteiger partial charge >= 0.3 is 0 Å². The number of ether oxygens (including phenoxy) is 1. The second kappa shape index (κ2) is 7.34. The number of hydrogen-bond donors (Lipinski definition) is 1. The summed E-state index contributed by atoms with van der Waals surface area (Å²) in [7, 11) is 2.24. The lowest BCUT2D eigenvalue weighted by atomic mass is 9.97. The van der Waals surface area contributed by atoms with Crippen molar-refractivity contribution >= 4 is 0 Å². The molecule has 0 aliphatic carbocycles. The molecule has 3 nitrogen and oxygen atoms in total. The highest BCUT2D eigenvalue weighted by molar-refractivity contribution is 4.84. The van der Waals surface area contributed by atoms with Gasteiger partial charge < -0.3 is 10.1 Å². The molecule has 0 radical (unpaired) electrons. The van der Waals surface area contributed by atoms with E-state index in [0.717, 1.165) is 25.6 Å². The summed E-state index contributed by atoms with van der Waals surface area (Å²) in [5, 5.41) is 3.62. The summed E-state index contributed by atoms with van der Waals surface area (Å²) in [6, 6.07) is 1.20. The third kappa shape index (κ3) is 4.23. The van der Waals surface area contributed by atoms with Crippen molar-refractivity contribution in [2.75, 3.05) is 26.7 Å². The third-order valence-electron chi connectivity index (χ3n) is 4.18. The predicted octanol–water partition coefficient (Wildman–Crippen LogP) is 2.12. The van der Waals surface area contributed by atoms with E-state index < -0.39 is 0 Å². The Bertz CT molecular complexity index is 210. The monoisotopic (exact) mass is 242 g/mol. The second-order valence-corrected chi connectivity index (χ2v) is 5.42. The largest absolute Gasteiger partial charge is 0.377 e. The summed E-state index contributed by atoms with van der Waals surface area (Å²) in [6.45, 7) is 12.1. The van der Waals surface area contributed by atoms with Crippen LogP contribution in [0.15, 0.2) is 0 Å². The number of nitrogens with one attached hydrogen (secondary N) is 1. The smallest absolute Gasteiger partial charge is 0.0702 e. The standard InChI is InChI=1S/C14H30N2O/c1-6-11(3)13(15-7-2)10-16(5)14-8-9-17-12(14)4/h11-15H,6-10H2,1-5H3. The maximum absolute atomic E-state index is 5.65. The molecule has 0 aromatic carbocycles. The zero-order valence-electron chi connectivity index (χ0n) is 12.2. The van der Waals surface area contributed by atoms with E-state index in [-0.39, 0.29) is 0 Å². The van der Waals surface area contributed by atoms with Crippen LogP contribution in [0.3, 0.4) is 0 Å². The van der Waals surface area contributed by atoms with Crippen LogP contribution in [0.2, 0.25) is 0 Å². The van der Waals surface area contributed by atoms with Gasteiger partial charge in [-0.05, 0) is 32.9 Å². The summed E-state index contributed by atoms with van der Waals surface area (Å²) in [5.74, 6) is 0.732. The Kier molecular flexibility index (Phi) is 6.45. The molecule has 1 fully saturated rings. The quantitative estimate of drug-likeness (QED) is 0.740. The van der Waals surface area contributed by atoms with Gasteiger partial charge in [0.25, 0.3) is 0 Å². The maximum atomic E-state index is 5.65. The van der Waals surface area contributed by atoms with Crippen LogP contribution < -0.4 is 5.32 Å². The minimum Gasteiger partial charge on any atom is -0.377 e. The second-order valence-electron chi connectivity index (χ2n) is 5.42. The number of hydrogen-bond acceptors (Lipinski definition) is 3. The van der Waals surface area contributed by atoms with Crippen LogP contribution in [-0.4, -0.2) is 49.8 Å². The third-order valence-corrected chi connectivity index (χ3v) is 4.18. The van der Waals surface area contributed by atoms with Gasteiger partial charge in [-0.3, -0.25) is 4.90 Å². The van der Waals surface area contributed by atoms with Gasteiger partial charge in [0, 0.05) is 25.2 Å². The van der Waals surface area contributed by atoms with Crippen LogP contribution >= 0.6 is 0 Å². The molecule has 1 aliphatic heterocycles. The van der Waals surface area contributed by atoms with Gasteiger partial charge in [0.15, 0.2) is 0 Å². The zero-order chi connectivity index (χ0) is 12.8. The lowest BCUT2D eigenvalue weighted by Gasteiger charge is -2.33. The molecule has 1 aliphatic rings. The van der Waals surface area contributed by atoms with Crippen LogP contribution in [-0.2, 0) is 4.74 Å². The summed E-state index contributed by atoms with van der Waals surface area (Å²) < 4.78 is 5.65. The fourth-order valence-electron chi connectivity index (χ4n) is 2.74. The molecule has 4 unspecified atom stereocenters. The number of nitrogens with zero attached hydrogens (tertiary/aromatic N) is 1. The van der Waals surface area contributed by atoms with Gasteiger partial charge in [0.05, 0.1) is 6.10 Å². The van der Waals surface area contributed by atoms with E-state index in [9.17, 15) is 0 Å². The Morgan fingerprint density at radius 1 is 1.41 bits per heavy atom. The average molecular weight is 242 g/mol. The molecular formula is C14H30N2O. The molecule has 4 atom stereocenters. The van der Waals surface area contributed by atoms with E-state index in [0.29, 0.717) is 18.2 Å². The first-order valence-corrected chi connectivity index (χ1v) is 7.15. The average Bonchev–Trinajstić information content (AvgIpc) is 2.73. The van der Waals surface area contributed by atoms with E-state index in [2.05, 4.69) is 45.0 Å². The Labute approximate surface area is 107 Å². The lowest BCUT2D eigenvalue weighted by Crippen LogP contribution is -2.48. The number of rotatable bonds is 7. The Morgan fingerprint density at radius 2 is 2.12 bits per heavy atom. The molecule has 1 rings (SSSR count). The predicted molar refractivity (Wildman–Crippen MR) is 73.4 cm³/mol. The van der Waals surface area contributed by atoms with E-state index in [1.165, 1.54) is 12.8 Å². The molecule has 0 bridgehead atoms. The number of likely N-dealkylation sites (N-methyl/N-ethyl adjacent to an activating group) is 2. The maximum Gasteiger partial charge on any atom is 0.0702 e. The zero-order valence-corrected chi connectivity index (χ0v) is 12.2. The first kappa shape index (κ1) is 14.9. The van der Waals surface area contributed by atoms with Crippen LogP contribution in [0.5, 0.6) is 0 Å². The van der Waals surface area contributed by atoms with Crippen LogP contribution in [0.25, 0.3) is 0 Å². The highest BCUT2D eigenvalue weighted by Crippen LogP contribution is 2.19. The summed E-state index contributed by atoms with van der Waals surface area (Å²) in [5.41, 5.74) is 0. The molecular weight excluding hydrogens is 212 g/mol. The van der Waals surface area contributed by atoms with E-state index in [4.69, 9.17) is 4.74 Å². The Hall–Kier alpha value is -0.120. The molecule has 1 N–H and O–H groups in total. The Morgan fingerprint density at radius 3 is 2.59 bits per heavy atom. The van der Waals surface area contributed by atoms with E-state index >= 15 is 0 Å². The fourth-order valence-corrected chi connectivity index (χ4v) is 2.74.